The first kappa shape index (κ1) is 15.8. The summed E-state index contributed by atoms with van der Waals surface area (Å²) in [6, 6.07) is -0.0717. The van der Waals surface area contributed by atoms with Crippen molar-refractivity contribution < 1.29 is 13.2 Å². The lowest BCUT2D eigenvalue weighted by molar-refractivity contribution is 0.199. The minimum absolute atomic E-state index is 0.0717. The predicted octanol–water partition coefficient (Wildman–Crippen LogP) is 0.316. The molecule has 0 aromatic heterocycles. The first-order valence-electron chi connectivity index (χ1n) is 5.62. The van der Waals surface area contributed by atoms with Gasteiger partial charge in [0.15, 0.2) is 0 Å². The summed E-state index contributed by atoms with van der Waals surface area (Å²) in [7, 11) is -1.64. The second-order valence-corrected chi connectivity index (χ2v) is 6.08. The first-order chi connectivity index (χ1) is 7.43. The molecule has 0 radical (unpaired) electrons. The maximum Gasteiger partial charge on any atom is 0.211 e. The number of rotatable bonds is 9. The van der Waals surface area contributed by atoms with Crippen LogP contribution in [0.2, 0.25) is 0 Å². The summed E-state index contributed by atoms with van der Waals surface area (Å²) >= 11 is 0. The summed E-state index contributed by atoms with van der Waals surface area (Å²) in [4.78, 5) is 0. The molecule has 0 aliphatic rings. The van der Waals surface area contributed by atoms with Gasteiger partial charge in [0.1, 0.15) is 0 Å². The molecular formula is C10H24N2O3S. The summed E-state index contributed by atoms with van der Waals surface area (Å²) in [5.41, 5.74) is 5.45. The van der Waals surface area contributed by atoms with Crippen LogP contribution in [0.3, 0.4) is 0 Å². The van der Waals surface area contributed by atoms with Crippen molar-refractivity contribution in [2.75, 3.05) is 26.0 Å². The van der Waals surface area contributed by atoms with E-state index in [0.717, 1.165) is 0 Å². The third-order valence-corrected chi connectivity index (χ3v) is 3.86. The molecule has 0 aromatic carbocycles. The first-order valence-corrected chi connectivity index (χ1v) is 7.27. The Morgan fingerprint density at radius 1 is 1.38 bits per heavy atom. The molecule has 0 saturated heterocycles. The van der Waals surface area contributed by atoms with Crippen LogP contribution in [0.25, 0.3) is 0 Å². The highest BCUT2D eigenvalue weighted by Crippen LogP contribution is 2.07. The average Bonchev–Trinajstić information content (AvgIpc) is 2.17. The van der Waals surface area contributed by atoms with Gasteiger partial charge in [-0.05, 0) is 25.3 Å². The van der Waals surface area contributed by atoms with Crippen LogP contribution in [0.4, 0.5) is 0 Å². The molecule has 0 spiro atoms. The molecule has 0 bridgehead atoms. The molecule has 0 fully saturated rings. The average molecular weight is 252 g/mol. The summed E-state index contributed by atoms with van der Waals surface area (Å²) in [5.74, 6) is 0.356. The number of sulfonamides is 1. The number of hydrogen-bond acceptors (Lipinski definition) is 4. The van der Waals surface area contributed by atoms with Crippen LogP contribution in [0.15, 0.2) is 0 Å². The Kier molecular flexibility index (Phi) is 7.91. The zero-order valence-corrected chi connectivity index (χ0v) is 11.2. The maximum absolute atomic E-state index is 11.7. The molecule has 0 aliphatic carbocycles. The van der Waals surface area contributed by atoms with Gasteiger partial charge in [0.25, 0.3) is 0 Å². The highest BCUT2D eigenvalue weighted by Gasteiger charge is 2.19. The van der Waals surface area contributed by atoms with E-state index >= 15 is 0 Å². The van der Waals surface area contributed by atoms with E-state index in [1.54, 1.807) is 7.11 Å². The van der Waals surface area contributed by atoms with E-state index in [2.05, 4.69) is 4.72 Å². The lowest BCUT2D eigenvalue weighted by Crippen LogP contribution is -2.41. The van der Waals surface area contributed by atoms with Gasteiger partial charge in [-0.1, -0.05) is 13.8 Å². The van der Waals surface area contributed by atoms with Gasteiger partial charge in [-0.3, -0.25) is 0 Å². The quantitative estimate of drug-likeness (QED) is 0.579. The Morgan fingerprint density at radius 2 is 2.00 bits per heavy atom. The van der Waals surface area contributed by atoms with Crippen molar-refractivity contribution in [2.45, 2.75) is 32.7 Å². The Morgan fingerprint density at radius 3 is 2.44 bits per heavy atom. The van der Waals surface area contributed by atoms with Crippen LogP contribution < -0.4 is 10.5 Å². The van der Waals surface area contributed by atoms with Gasteiger partial charge in [-0.2, -0.15) is 0 Å². The molecule has 0 heterocycles. The normalized spacial score (nSPS) is 14.3. The summed E-state index contributed by atoms with van der Waals surface area (Å²) in [6.07, 6.45) is 1.18. The van der Waals surface area contributed by atoms with Gasteiger partial charge < -0.3 is 10.5 Å². The van der Waals surface area contributed by atoms with E-state index < -0.39 is 10.0 Å². The number of ether oxygens (including phenoxy) is 1. The molecule has 98 valence electrons. The predicted molar refractivity (Wildman–Crippen MR) is 65.7 cm³/mol. The highest BCUT2D eigenvalue weighted by molar-refractivity contribution is 7.89. The van der Waals surface area contributed by atoms with Gasteiger partial charge >= 0.3 is 0 Å². The second kappa shape index (κ2) is 8.00. The molecule has 6 heteroatoms. The van der Waals surface area contributed by atoms with Gasteiger partial charge in [-0.25, -0.2) is 13.1 Å². The zero-order chi connectivity index (χ0) is 12.6. The second-order valence-electron chi connectivity index (χ2n) is 4.21. The zero-order valence-electron chi connectivity index (χ0n) is 10.4. The summed E-state index contributed by atoms with van der Waals surface area (Å²) in [5, 5.41) is 0. The molecule has 16 heavy (non-hydrogen) atoms. The molecule has 0 amide bonds. The molecule has 5 nitrogen and oxygen atoms in total. The van der Waals surface area contributed by atoms with Crippen molar-refractivity contribution in [3.63, 3.8) is 0 Å². The lowest BCUT2D eigenvalue weighted by atomic mass is 10.0. The fourth-order valence-electron chi connectivity index (χ4n) is 1.39. The Bertz CT molecular complexity index is 265. The smallest absolute Gasteiger partial charge is 0.211 e. The number of nitrogens with one attached hydrogen (secondary N) is 1. The molecular weight excluding hydrogens is 228 g/mol. The van der Waals surface area contributed by atoms with Gasteiger partial charge in [0, 0.05) is 19.8 Å². The van der Waals surface area contributed by atoms with E-state index in [0.29, 0.717) is 26.0 Å². The minimum atomic E-state index is -3.21. The minimum Gasteiger partial charge on any atom is -0.385 e. The number of hydrogen-bond donors (Lipinski definition) is 2. The van der Waals surface area contributed by atoms with Gasteiger partial charge in [0.05, 0.1) is 5.75 Å². The molecule has 0 rings (SSSR count). The van der Waals surface area contributed by atoms with E-state index in [9.17, 15) is 8.42 Å². The van der Waals surface area contributed by atoms with Crippen LogP contribution in [0.1, 0.15) is 26.7 Å². The van der Waals surface area contributed by atoms with Crippen molar-refractivity contribution in [1.82, 2.24) is 4.72 Å². The van der Waals surface area contributed by atoms with Gasteiger partial charge in [-0.15, -0.1) is 0 Å². The van der Waals surface area contributed by atoms with Crippen molar-refractivity contribution >= 4 is 10.0 Å². The molecule has 0 saturated carbocycles. The maximum atomic E-state index is 11.7. The van der Waals surface area contributed by atoms with Crippen molar-refractivity contribution in [3.05, 3.63) is 0 Å². The molecule has 1 unspecified atom stereocenters. The number of methoxy groups -OCH3 is 1. The molecule has 3 N–H and O–H groups in total. The van der Waals surface area contributed by atoms with Crippen LogP contribution >= 0.6 is 0 Å². The fourth-order valence-corrected chi connectivity index (χ4v) is 2.86. The molecule has 0 aliphatic heterocycles. The summed E-state index contributed by atoms with van der Waals surface area (Å²) < 4.78 is 30.9. The van der Waals surface area contributed by atoms with Crippen molar-refractivity contribution in [2.24, 2.45) is 11.7 Å². The fraction of sp³-hybridized carbons (Fsp3) is 1.00. The number of nitrogens with two attached hydrogens (primary N) is 1. The van der Waals surface area contributed by atoms with Crippen LogP contribution in [-0.2, 0) is 14.8 Å². The Labute approximate surface area is 98.8 Å². The van der Waals surface area contributed by atoms with Crippen molar-refractivity contribution in [3.8, 4) is 0 Å². The third kappa shape index (κ3) is 7.16. The third-order valence-electron chi connectivity index (χ3n) is 2.37. The Hall–Kier alpha value is -0.170. The van der Waals surface area contributed by atoms with E-state index in [1.807, 2.05) is 13.8 Å². The van der Waals surface area contributed by atoms with Gasteiger partial charge in [0.2, 0.25) is 10.0 Å². The Balaban J connectivity index is 4.19. The van der Waals surface area contributed by atoms with Crippen LogP contribution in [0.5, 0.6) is 0 Å². The van der Waals surface area contributed by atoms with Crippen molar-refractivity contribution in [1.29, 1.82) is 0 Å². The standard InChI is InChI=1S/C10H24N2O3S/c1-9(2)10(5-6-11)12-16(13,14)8-4-7-15-3/h9-10,12H,4-8,11H2,1-3H3. The SMILES string of the molecule is COCCCS(=O)(=O)NC(CCN)C(C)C. The monoisotopic (exact) mass is 252 g/mol. The van der Waals surface area contributed by atoms with E-state index in [-0.39, 0.29) is 17.7 Å². The topological polar surface area (TPSA) is 81.4 Å². The highest BCUT2D eigenvalue weighted by atomic mass is 32.2. The van der Waals surface area contributed by atoms with E-state index in [1.165, 1.54) is 0 Å². The molecule has 1 atom stereocenters. The largest absolute Gasteiger partial charge is 0.385 e. The molecule has 0 aromatic rings. The van der Waals surface area contributed by atoms with Crippen LogP contribution in [-0.4, -0.2) is 40.5 Å². The van der Waals surface area contributed by atoms with E-state index in [4.69, 9.17) is 10.5 Å². The summed E-state index contributed by atoms with van der Waals surface area (Å²) in [6.45, 7) is 4.92. The lowest BCUT2D eigenvalue weighted by Gasteiger charge is -2.21. The van der Waals surface area contributed by atoms with Crippen LogP contribution in [0, 0.1) is 5.92 Å².